The standard InChI is InChI=1S/C23H34N2O/c1-24(2)22(26)23(16-11-19-25-17-9-4-10-18-25)15-8-7-14-21(23)20-12-5-3-6-13-20/h3,5-8,12-13,21H,4,9-11,14-19H2,1-2H3. The molecule has 3 heteroatoms. The molecule has 1 fully saturated rings. The first-order valence-corrected chi connectivity index (χ1v) is 10.3. The molecular formula is C23H34N2O. The minimum Gasteiger partial charge on any atom is -0.348 e. The summed E-state index contributed by atoms with van der Waals surface area (Å²) in [6, 6.07) is 10.7. The van der Waals surface area contributed by atoms with Gasteiger partial charge in [0.15, 0.2) is 0 Å². The van der Waals surface area contributed by atoms with Crippen molar-refractivity contribution in [1.29, 1.82) is 0 Å². The molecule has 3 nitrogen and oxygen atoms in total. The van der Waals surface area contributed by atoms with E-state index in [1.165, 1.54) is 37.9 Å². The molecule has 1 aliphatic carbocycles. The van der Waals surface area contributed by atoms with Crippen LogP contribution in [-0.4, -0.2) is 49.4 Å². The highest BCUT2D eigenvalue weighted by atomic mass is 16.2. The van der Waals surface area contributed by atoms with Gasteiger partial charge in [0.2, 0.25) is 5.91 Å². The third-order valence-corrected chi connectivity index (χ3v) is 6.27. The molecule has 142 valence electrons. The summed E-state index contributed by atoms with van der Waals surface area (Å²) in [5, 5.41) is 0. The Morgan fingerprint density at radius 1 is 1.12 bits per heavy atom. The minimum atomic E-state index is -0.296. The molecule has 3 rings (SSSR count). The van der Waals surface area contributed by atoms with Gasteiger partial charge in [0.25, 0.3) is 0 Å². The number of amides is 1. The van der Waals surface area contributed by atoms with E-state index in [0.717, 1.165) is 32.2 Å². The van der Waals surface area contributed by atoms with Crippen LogP contribution in [0.15, 0.2) is 42.5 Å². The van der Waals surface area contributed by atoms with Crippen molar-refractivity contribution in [3.63, 3.8) is 0 Å². The summed E-state index contributed by atoms with van der Waals surface area (Å²) in [6.45, 7) is 3.60. The maximum absolute atomic E-state index is 13.4. The normalized spacial score (nSPS) is 26.6. The van der Waals surface area contributed by atoms with Crippen LogP contribution in [0.2, 0.25) is 0 Å². The quantitative estimate of drug-likeness (QED) is 0.704. The topological polar surface area (TPSA) is 23.6 Å². The van der Waals surface area contributed by atoms with Gasteiger partial charge < -0.3 is 9.80 Å². The largest absolute Gasteiger partial charge is 0.348 e. The molecule has 1 heterocycles. The summed E-state index contributed by atoms with van der Waals surface area (Å²) >= 11 is 0. The Labute approximate surface area is 159 Å². The lowest BCUT2D eigenvalue weighted by Gasteiger charge is -2.43. The highest BCUT2D eigenvalue weighted by molar-refractivity contribution is 5.84. The maximum atomic E-state index is 13.4. The number of hydrogen-bond donors (Lipinski definition) is 0. The van der Waals surface area contributed by atoms with Crippen LogP contribution in [0.5, 0.6) is 0 Å². The van der Waals surface area contributed by atoms with Gasteiger partial charge in [0.1, 0.15) is 0 Å². The van der Waals surface area contributed by atoms with E-state index < -0.39 is 0 Å². The van der Waals surface area contributed by atoms with E-state index in [1.54, 1.807) is 0 Å². The third-order valence-electron chi connectivity index (χ3n) is 6.27. The van der Waals surface area contributed by atoms with E-state index in [-0.39, 0.29) is 11.3 Å². The van der Waals surface area contributed by atoms with Crippen molar-refractivity contribution in [2.24, 2.45) is 5.41 Å². The van der Waals surface area contributed by atoms with Crippen molar-refractivity contribution in [2.45, 2.75) is 50.9 Å². The first-order chi connectivity index (χ1) is 12.6. The first kappa shape index (κ1) is 19.2. The van der Waals surface area contributed by atoms with Crippen LogP contribution in [-0.2, 0) is 4.79 Å². The molecule has 0 N–H and O–H groups in total. The average Bonchev–Trinajstić information content (AvgIpc) is 2.69. The Morgan fingerprint density at radius 2 is 1.85 bits per heavy atom. The van der Waals surface area contributed by atoms with Gasteiger partial charge in [-0.15, -0.1) is 0 Å². The highest BCUT2D eigenvalue weighted by Crippen LogP contribution is 2.49. The van der Waals surface area contributed by atoms with Crippen molar-refractivity contribution in [3.05, 3.63) is 48.0 Å². The zero-order valence-corrected chi connectivity index (χ0v) is 16.5. The van der Waals surface area contributed by atoms with Crippen LogP contribution in [0.3, 0.4) is 0 Å². The van der Waals surface area contributed by atoms with Crippen molar-refractivity contribution in [1.82, 2.24) is 9.80 Å². The molecule has 2 unspecified atom stereocenters. The number of benzene rings is 1. The van der Waals surface area contributed by atoms with Gasteiger partial charge in [-0.05, 0) is 63.7 Å². The molecule has 1 saturated heterocycles. The third kappa shape index (κ3) is 4.20. The molecule has 1 aromatic carbocycles. The molecule has 0 radical (unpaired) electrons. The SMILES string of the molecule is CN(C)C(=O)C1(CCCN2CCCCC2)CC=CCC1c1ccccc1. The second-order valence-corrected chi connectivity index (χ2v) is 8.24. The van der Waals surface area contributed by atoms with E-state index in [9.17, 15) is 4.79 Å². The van der Waals surface area contributed by atoms with Gasteiger partial charge in [-0.2, -0.15) is 0 Å². The number of carbonyl (C=O) groups excluding carboxylic acids is 1. The monoisotopic (exact) mass is 354 g/mol. The number of piperidine rings is 1. The molecular weight excluding hydrogens is 320 g/mol. The summed E-state index contributed by atoms with van der Waals surface area (Å²) in [7, 11) is 3.82. The van der Waals surface area contributed by atoms with Gasteiger partial charge in [0.05, 0.1) is 5.41 Å². The number of rotatable bonds is 6. The summed E-state index contributed by atoms with van der Waals surface area (Å²) < 4.78 is 0. The van der Waals surface area contributed by atoms with E-state index in [1.807, 2.05) is 19.0 Å². The van der Waals surface area contributed by atoms with Crippen molar-refractivity contribution in [3.8, 4) is 0 Å². The van der Waals surface area contributed by atoms with Gasteiger partial charge in [-0.1, -0.05) is 48.9 Å². The average molecular weight is 355 g/mol. The molecule has 26 heavy (non-hydrogen) atoms. The maximum Gasteiger partial charge on any atom is 0.229 e. The summed E-state index contributed by atoms with van der Waals surface area (Å²) in [5.74, 6) is 0.583. The number of nitrogens with zero attached hydrogens (tertiary/aromatic N) is 2. The van der Waals surface area contributed by atoms with Crippen LogP contribution in [0.25, 0.3) is 0 Å². The van der Waals surface area contributed by atoms with Crippen LogP contribution >= 0.6 is 0 Å². The second-order valence-electron chi connectivity index (χ2n) is 8.24. The summed E-state index contributed by atoms with van der Waals surface area (Å²) in [4.78, 5) is 17.8. The second kappa shape index (κ2) is 8.85. The zero-order valence-electron chi connectivity index (χ0n) is 16.5. The Hall–Kier alpha value is -1.61. The molecule has 2 aliphatic rings. The lowest BCUT2D eigenvalue weighted by atomic mass is 9.63. The molecule has 0 bridgehead atoms. The lowest BCUT2D eigenvalue weighted by molar-refractivity contribution is -0.142. The fourth-order valence-electron chi connectivity index (χ4n) is 4.90. The number of allylic oxidation sites excluding steroid dienone is 2. The van der Waals surface area contributed by atoms with Crippen molar-refractivity contribution < 1.29 is 4.79 Å². The van der Waals surface area contributed by atoms with Gasteiger partial charge >= 0.3 is 0 Å². The molecule has 0 aromatic heterocycles. The Balaban J connectivity index is 1.79. The van der Waals surface area contributed by atoms with E-state index in [0.29, 0.717) is 5.91 Å². The van der Waals surface area contributed by atoms with E-state index in [4.69, 9.17) is 0 Å². The van der Waals surface area contributed by atoms with Crippen LogP contribution < -0.4 is 0 Å². The molecule has 0 saturated carbocycles. The molecule has 1 aliphatic heterocycles. The number of carbonyl (C=O) groups is 1. The Bertz CT molecular complexity index is 604. The van der Waals surface area contributed by atoms with Crippen molar-refractivity contribution >= 4 is 5.91 Å². The Morgan fingerprint density at radius 3 is 2.54 bits per heavy atom. The summed E-state index contributed by atoms with van der Waals surface area (Å²) in [6.07, 6.45) is 12.5. The lowest BCUT2D eigenvalue weighted by Crippen LogP contribution is -2.45. The van der Waals surface area contributed by atoms with Crippen LogP contribution in [0.1, 0.15) is 56.4 Å². The smallest absolute Gasteiger partial charge is 0.229 e. The summed E-state index contributed by atoms with van der Waals surface area (Å²) in [5.41, 5.74) is 1.01. The van der Waals surface area contributed by atoms with Gasteiger partial charge in [0, 0.05) is 20.0 Å². The molecule has 2 atom stereocenters. The number of likely N-dealkylation sites (tertiary alicyclic amines) is 1. The number of hydrogen-bond acceptors (Lipinski definition) is 2. The van der Waals surface area contributed by atoms with Crippen LogP contribution in [0.4, 0.5) is 0 Å². The molecule has 0 spiro atoms. The van der Waals surface area contributed by atoms with Crippen molar-refractivity contribution in [2.75, 3.05) is 33.7 Å². The fourth-order valence-corrected chi connectivity index (χ4v) is 4.90. The zero-order chi connectivity index (χ0) is 18.4. The van der Waals surface area contributed by atoms with Crippen LogP contribution in [0, 0.1) is 5.41 Å². The van der Waals surface area contributed by atoms with E-state index >= 15 is 0 Å². The minimum absolute atomic E-state index is 0.282. The molecule has 1 aromatic rings. The fraction of sp³-hybridized carbons (Fsp3) is 0.609. The Kier molecular flexibility index (Phi) is 6.53. The molecule has 1 amide bonds. The highest BCUT2D eigenvalue weighted by Gasteiger charge is 2.46. The predicted molar refractivity (Wildman–Crippen MR) is 108 cm³/mol. The van der Waals surface area contributed by atoms with Gasteiger partial charge in [-0.3, -0.25) is 4.79 Å². The predicted octanol–water partition coefficient (Wildman–Crippen LogP) is 4.46. The van der Waals surface area contributed by atoms with E-state index in [2.05, 4.69) is 47.4 Å². The van der Waals surface area contributed by atoms with Gasteiger partial charge in [-0.25, -0.2) is 0 Å². The first-order valence-electron chi connectivity index (χ1n) is 10.3.